The van der Waals surface area contributed by atoms with Gasteiger partial charge in [-0.3, -0.25) is 20.0 Å². The normalized spacial score (nSPS) is 26.9. The third-order valence-electron chi connectivity index (χ3n) is 2.01. The average molecular weight is 164 g/mol. The molecule has 0 radical (unpaired) electrons. The monoisotopic (exact) mass is 164 g/mol. The van der Waals surface area contributed by atoms with Gasteiger partial charge in [-0.1, -0.05) is 6.08 Å². The highest BCUT2D eigenvalue weighted by Crippen LogP contribution is 2.22. The van der Waals surface area contributed by atoms with E-state index in [-0.39, 0.29) is 11.7 Å². The van der Waals surface area contributed by atoms with Crippen LogP contribution in [0.5, 0.6) is 0 Å². The zero-order chi connectivity index (χ0) is 8.72. The minimum absolute atomic E-state index is 0.144. The fourth-order valence-corrected chi connectivity index (χ4v) is 1.39. The first-order valence-electron chi connectivity index (χ1n) is 3.66. The van der Waals surface area contributed by atoms with Crippen molar-refractivity contribution in [3.63, 3.8) is 0 Å². The van der Waals surface area contributed by atoms with Crippen LogP contribution in [0.25, 0.3) is 0 Å². The lowest BCUT2D eigenvalue weighted by molar-refractivity contribution is -0.134. The second-order valence-corrected chi connectivity index (χ2v) is 2.83. The molecule has 0 aromatic heterocycles. The van der Waals surface area contributed by atoms with Crippen molar-refractivity contribution < 1.29 is 9.59 Å². The fraction of sp³-hybridized carbons (Fsp3) is 0.250. The van der Waals surface area contributed by atoms with Crippen LogP contribution in [0.4, 0.5) is 0 Å². The van der Waals surface area contributed by atoms with Gasteiger partial charge in [0.05, 0.1) is 5.70 Å². The van der Waals surface area contributed by atoms with Crippen LogP contribution in [-0.4, -0.2) is 23.7 Å². The van der Waals surface area contributed by atoms with E-state index in [1.54, 1.807) is 19.2 Å². The Morgan fingerprint density at radius 3 is 2.92 bits per heavy atom. The molecule has 1 N–H and O–H groups in total. The molecule has 1 fully saturated rings. The summed E-state index contributed by atoms with van der Waals surface area (Å²) < 4.78 is 0. The third kappa shape index (κ3) is 0.777. The SMILES string of the molecule is CN1NC2=CC=CC(=O)C2C1=O. The van der Waals surface area contributed by atoms with Gasteiger partial charge in [0.25, 0.3) is 5.91 Å². The van der Waals surface area contributed by atoms with Crippen LogP contribution in [0.2, 0.25) is 0 Å². The van der Waals surface area contributed by atoms with Crippen molar-refractivity contribution in [3.05, 3.63) is 23.9 Å². The van der Waals surface area contributed by atoms with Gasteiger partial charge in [0.1, 0.15) is 5.92 Å². The largest absolute Gasteiger partial charge is 0.299 e. The Kier molecular flexibility index (Phi) is 1.30. The molecule has 1 aliphatic heterocycles. The molecule has 1 aliphatic carbocycles. The number of amides is 1. The Bertz CT molecular complexity index is 317. The van der Waals surface area contributed by atoms with Crippen LogP contribution in [-0.2, 0) is 9.59 Å². The van der Waals surface area contributed by atoms with E-state index in [2.05, 4.69) is 5.43 Å². The number of hydrogen-bond acceptors (Lipinski definition) is 3. The highest BCUT2D eigenvalue weighted by molar-refractivity contribution is 6.11. The van der Waals surface area contributed by atoms with Crippen LogP contribution in [0.1, 0.15) is 0 Å². The highest BCUT2D eigenvalue weighted by Gasteiger charge is 2.38. The summed E-state index contributed by atoms with van der Waals surface area (Å²) in [4.78, 5) is 22.5. The summed E-state index contributed by atoms with van der Waals surface area (Å²) in [5.41, 5.74) is 3.48. The number of hydrogen-bond donors (Lipinski definition) is 1. The van der Waals surface area contributed by atoms with Crippen molar-refractivity contribution in [3.8, 4) is 0 Å². The molecular weight excluding hydrogens is 156 g/mol. The zero-order valence-corrected chi connectivity index (χ0v) is 6.57. The number of fused-ring (bicyclic) bond motifs is 1. The van der Waals surface area contributed by atoms with Crippen LogP contribution in [0.3, 0.4) is 0 Å². The van der Waals surface area contributed by atoms with Crippen molar-refractivity contribution in [2.75, 3.05) is 7.05 Å². The van der Waals surface area contributed by atoms with E-state index in [9.17, 15) is 9.59 Å². The first-order chi connectivity index (χ1) is 5.70. The lowest BCUT2D eigenvalue weighted by Gasteiger charge is -2.06. The van der Waals surface area contributed by atoms with Crippen LogP contribution < -0.4 is 5.43 Å². The maximum atomic E-state index is 11.3. The Morgan fingerprint density at radius 1 is 1.50 bits per heavy atom. The molecule has 1 unspecified atom stereocenters. The van der Waals surface area contributed by atoms with Crippen LogP contribution in [0, 0.1) is 5.92 Å². The first-order valence-corrected chi connectivity index (χ1v) is 3.66. The lowest BCUT2D eigenvalue weighted by atomic mass is 9.96. The van der Waals surface area contributed by atoms with E-state index in [1.807, 2.05) is 0 Å². The summed E-state index contributed by atoms with van der Waals surface area (Å²) in [7, 11) is 1.61. The summed E-state index contributed by atoms with van der Waals surface area (Å²) in [6, 6.07) is 0. The van der Waals surface area contributed by atoms with Crippen molar-refractivity contribution in [2.24, 2.45) is 5.92 Å². The molecular formula is C8H8N2O2. The van der Waals surface area contributed by atoms with E-state index < -0.39 is 5.92 Å². The number of nitrogens with zero attached hydrogens (tertiary/aromatic N) is 1. The number of allylic oxidation sites excluding steroid dienone is 3. The van der Waals surface area contributed by atoms with Gasteiger partial charge in [-0.2, -0.15) is 0 Å². The molecule has 1 saturated heterocycles. The predicted molar refractivity (Wildman–Crippen MR) is 41.6 cm³/mol. The highest BCUT2D eigenvalue weighted by atomic mass is 16.2. The van der Waals surface area contributed by atoms with E-state index in [0.29, 0.717) is 5.70 Å². The first kappa shape index (κ1) is 7.09. The molecule has 0 bridgehead atoms. The predicted octanol–water partition coefficient (Wildman–Crippen LogP) is -0.398. The molecule has 62 valence electrons. The molecule has 4 nitrogen and oxygen atoms in total. The van der Waals surface area contributed by atoms with Crippen molar-refractivity contribution in [1.82, 2.24) is 10.4 Å². The average Bonchev–Trinajstić information content (AvgIpc) is 2.29. The molecule has 0 aromatic carbocycles. The number of hydrazine groups is 1. The van der Waals surface area contributed by atoms with Crippen LogP contribution in [0.15, 0.2) is 23.9 Å². The van der Waals surface area contributed by atoms with Gasteiger partial charge in [0.2, 0.25) is 0 Å². The van der Waals surface area contributed by atoms with Gasteiger partial charge in [0, 0.05) is 7.05 Å². The molecule has 1 atom stereocenters. The summed E-state index contributed by atoms with van der Waals surface area (Å²) in [6.45, 7) is 0. The Morgan fingerprint density at radius 2 is 2.25 bits per heavy atom. The summed E-state index contributed by atoms with van der Waals surface area (Å²) in [5, 5.41) is 1.33. The van der Waals surface area contributed by atoms with Gasteiger partial charge >= 0.3 is 0 Å². The molecule has 2 rings (SSSR count). The van der Waals surface area contributed by atoms with Gasteiger partial charge in [0.15, 0.2) is 5.78 Å². The maximum Gasteiger partial charge on any atom is 0.257 e. The Labute approximate surface area is 69.5 Å². The summed E-state index contributed by atoms with van der Waals surface area (Å²) in [5.74, 6) is -0.940. The molecule has 12 heavy (non-hydrogen) atoms. The summed E-state index contributed by atoms with van der Waals surface area (Å²) >= 11 is 0. The minimum atomic E-state index is -0.611. The standard InChI is InChI=1S/C8H8N2O2/c1-10-8(12)7-5(9-10)3-2-4-6(7)11/h2-4,7,9H,1H3. The van der Waals surface area contributed by atoms with Crippen molar-refractivity contribution >= 4 is 11.7 Å². The number of nitrogens with one attached hydrogen (secondary N) is 1. The molecule has 0 spiro atoms. The number of carbonyl (C=O) groups excluding carboxylic acids is 2. The van der Waals surface area contributed by atoms with Crippen LogP contribution >= 0.6 is 0 Å². The lowest BCUT2D eigenvalue weighted by Crippen LogP contribution is -2.30. The van der Waals surface area contributed by atoms with E-state index in [1.165, 1.54) is 11.1 Å². The second kappa shape index (κ2) is 2.20. The number of rotatable bonds is 0. The molecule has 4 heteroatoms. The molecule has 0 saturated carbocycles. The van der Waals surface area contributed by atoms with Crippen molar-refractivity contribution in [1.29, 1.82) is 0 Å². The quantitative estimate of drug-likeness (QED) is 0.496. The maximum absolute atomic E-state index is 11.3. The zero-order valence-electron chi connectivity index (χ0n) is 6.57. The topological polar surface area (TPSA) is 49.4 Å². The number of ketones is 1. The van der Waals surface area contributed by atoms with Gasteiger partial charge in [-0.25, -0.2) is 0 Å². The van der Waals surface area contributed by atoms with E-state index in [0.717, 1.165) is 0 Å². The third-order valence-corrected chi connectivity index (χ3v) is 2.01. The molecule has 1 heterocycles. The van der Waals surface area contributed by atoms with E-state index >= 15 is 0 Å². The fourth-order valence-electron chi connectivity index (χ4n) is 1.39. The molecule has 2 aliphatic rings. The summed E-state index contributed by atoms with van der Waals surface area (Å²) in [6.07, 6.45) is 4.81. The Balaban J connectivity index is 2.41. The van der Waals surface area contributed by atoms with Crippen molar-refractivity contribution in [2.45, 2.75) is 0 Å². The van der Waals surface area contributed by atoms with Gasteiger partial charge in [-0.05, 0) is 12.2 Å². The number of carbonyl (C=O) groups is 2. The van der Waals surface area contributed by atoms with Gasteiger partial charge < -0.3 is 0 Å². The molecule has 0 aromatic rings. The second-order valence-electron chi connectivity index (χ2n) is 2.83. The van der Waals surface area contributed by atoms with E-state index in [4.69, 9.17) is 0 Å². The minimum Gasteiger partial charge on any atom is -0.299 e. The molecule has 1 amide bonds. The smallest absolute Gasteiger partial charge is 0.257 e. The van der Waals surface area contributed by atoms with Gasteiger partial charge in [-0.15, -0.1) is 0 Å². The Hall–Kier alpha value is -1.58.